The van der Waals surface area contributed by atoms with Gasteiger partial charge in [0.25, 0.3) is 0 Å². The quantitative estimate of drug-likeness (QED) is 0.673. The number of primary amides is 1. The van der Waals surface area contributed by atoms with E-state index in [9.17, 15) is 9.59 Å². The van der Waals surface area contributed by atoms with Crippen LogP contribution in [0.2, 0.25) is 0 Å². The van der Waals surface area contributed by atoms with Crippen molar-refractivity contribution in [3.63, 3.8) is 0 Å². The largest absolute Gasteiger partial charge is 0.352 e. The van der Waals surface area contributed by atoms with Crippen LogP contribution in [-0.4, -0.2) is 23.4 Å². The van der Waals surface area contributed by atoms with E-state index in [0.29, 0.717) is 6.54 Å². The molecule has 3 amide bonds. The molecule has 3 aromatic rings. The summed E-state index contributed by atoms with van der Waals surface area (Å²) < 4.78 is 0. The minimum absolute atomic E-state index is 0.00157. The Hall–Kier alpha value is -3.12. The van der Waals surface area contributed by atoms with Crippen LogP contribution in [0.4, 0.5) is 4.79 Å². The topological polar surface area (TPSA) is 75.4 Å². The van der Waals surface area contributed by atoms with E-state index in [1.807, 2.05) is 53.4 Å². The average molecular weight is 406 g/mol. The monoisotopic (exact) mass is 405 g/mol. The van der Waals surface area contributed by atoms with Crippen LogP contribution < -0.4 is 11.1 Å². The Morgan fingerprint density at radius 1 is 1.07 bits per heavy atom. The number of urea groups is 1. The zero-order chi connectivity index (χ0) is 20.2. The highest BCUT2D eigenvalue weighted by Gasteiger charge is 2.33. The molecule has 2 aromatic carbocycles. The lowest BCUT2D eigenvalue weighted by molar-refractivity contribution is -0.133. The van der Waals surface area contributed by atoms with Gasteiger partial charge in [0, 0.05) is 11.4 Å². The summed E-state index contributed by atoms with van der Waals surface area (Å²) in [6, 6.07) is 20.5. The standard InChI is InChI=1S/C23H23N3O2S/c24-23(28)25-19(16-7-3-1-4-8-16)15-21(27)26-13-11-20-18(12-14-29-20)22(26)17-9-5-2-6-10-17/h1-10,12,14,19,22H,11,13,15H2,(H3,24,25,28)/t19-,22-/m0/s1. The average Bonchev–Trinajstić information content (AvgIpc) is 3.22. The molecule has 29 heavy (non-hydrogen) atoms. The predicted octanol–water partition coefficient (Wildman–Crippen LogP) is 4.02. The SMILES string of the molecule is NC(=O)N[C@@H](CC(=O)N1CCc2sccc2[C@@H]1c1ccccc1)c1ccccc1. The molecule has 0 unspecified atom stereocenters. The van der Waals surface area contributed by atoms with Gasteiger partial charge >= 0.3 is 6.03 Å². The van der Waals surface area contributed by atoms with Gasteiger partial charge in [0.05, 0.1) is 18.5 Å². The van der Waals surface area contributed by atoms with Crippen molar-refractivity contribution < 1.29 is 9.59 Å². The molecular formula is C23H23N3O2S. The van der Waals surface area contributed by atoms with Crippen LogP contribution in [0.25, 0.3) is 0 Å². The maximum absolute atomic E-state index is 13.4. The van der Waals surface area contributed by atoms with Gasteiger partial charge in [-0.3, -0.25) is 4.79 Å². The molecule has 148 valence electrons. The predicted molar refractivity (Wildman–Crippen MR) is 115 cm³/mol. The summed E-state index contributed by atoms with van der Waals surface area (Å²) in [5, 5.41) is 4.82. The molecule has 0 spiro atoms. The van der Waals surface area contributed by atoms with E-state index >= 15 is 0 Å². The lowest BCUT2D eigenvalue weighted by Gasteiger charge is -2.37. The Morgan fingerprint density at radius 2 is 1.76 bits per heavy atom. The number of hydrogen-bond donors (Lipinski definition) is 2. The van der Waals surface area contributed by atoms with Crippen molar-refractivity contribution in [1.29, 1.82) is 0 Å². The third kappa shape index (κ3) is 4.17. The van der Waals surface area contributed by atoms with E-state index in [2.05, 4.69) is 28.9 Å². The van der Waals surface area contributed by atoms with Gasteiger partial charge in [-0.25, -0.2) is 4.79 Å². The van der Waals surface area contributed by atoms with Crippen molar-refractivity contribution >= 4 is 23.3 Å². The molecule has 0 radical (unpaired) electrons. The highest BCUT2D eigenvalue weighted by Crippen LogP contribution is 2.38. The summed E-state index contributed by atoms with van der Waals surface area (Å²) in [7, 11) is 0. The molecule has 6 heteroatoms. The fourth-order valence-corrected chi connectivity index (χ4v) is 4.88. The summed E-state index contributed by atoms with van der Waals surface area (Å²) in [5.41, 5.74) is 8.53. The fourth-order valence-electron chi connectivity index (χ4n) is 3.98. The minimum atomic E-state index is -0.634. The third-order valence-corrected chi connectivity index (χ3v) is 6.30. The van der Waals surface area contributed by atoms with Crippen molar-refractivity contribution in [2.24, 2.45) is 5.73 Å². The molecule has 1 aliphatic rings. The van der Waals surface area contributed by atoms with Crippen molar-refractivity contribution in [1.82, 2.24) is 10.2 Å². The molecular weight excluding hydrogens is 382 g/mol. The van der Waals surface area contributed by atoms with E-state index in [1.165, 1.54) is 10.4 Å². The number of hydrogen-bond acceptors (Lipinski definition) is 3. The molecule has 1 aromatic heterocycles. The van der Waals surface area contributed by atoms with Gasteiger partial charge in [-0.05, 0) is 34.6 Å². The second-order valence-electron chi connectivity index (χ2n) is 7.13. The number of carbonyl (C=O) groups is 2. The van der Waals surface area contributed by atoms with E-state index in [0.717, 1.165) is 17.5 Å². The summed E-state index contributed by atoms with van der Waals surface area (Å²) in [5.74, 6) is -0.00157. The summed E-state index contributed by atoms with van der Waals surface area (Å²) in [4.78, 5) is 28.2. The lowest BCUT2D eigenvalue weighted by Crippen LogP contribution is -2.42. The summed E-state index contributed by atoms with van der Waals surface area (Å²) in [6.45, 7) is 0.657. The Morgan fingerprint density at radius 3 is 2.45 bits per heavy atom. The molecule has 1 aliphatic heterocycles. The first kappa shape index (κ1) is 19.2. The second kappa shape index (κ2) is 8.49. The molecule has 0 saturated carbocycles. The van der Waals surface area contributed by atoms with Crippen LogP contribution in [0.3, 0.4) is 0 Å². The van der Waals surface area contributed by atoms with Crippen molar-refractivity contribution in [3.05, 3.63) is 93.7 Å². The van der Waals surface area contributed by atoms with Crippen LogP contribution in [0, 0.1) is 0 Å². The number of thiophene rings is 1. The van der Waals surface area contributed by atoms with E-state index in [-0.39, 0.29) is 18.4 Å². The van der Waals surface area contributed by atoms with Gasteiger partial charge in [0.1, 0.15) is 0 Å². The molecule has 0 aliphatic carbocycles. The fraction of sp³-hybridized carbons (Fsp3) is 0.217. The second-order valence-corrected chi connectivity index (χ2v) is 8.13. The third-order valence-electron chi connectivity index (χ3n) is 5.30. The maximum Gasteiger partial charge on any atom is 0.312 e. The number of benzene rings is 2. The van der Waals surface area contributed by atoms with Crippen LogP contribution in [0.5, 0.6) is 0 Å². The first-order valence-corrected chi connectivity index (χ1v) is 10.5. The van der Waals surface area contributed by atoms with Gasteiger partial charge < -0.3 is 16.0 Å². The normalized spacial score (nSPS) is 16.7. The highest BCUT2D eigenvalue weighted by atomic mass is 32.1. The number of rotatable bonds is 5. The number of nitrogens with one attached hydrogen (secondary N) is 1. The van der Waals surface area contributed by atoms with Crippen LogP contribution in [0.15, 0.2) is 72.1 Å². The molecule has 5 nitrogen and oxygen atoms in total. The first-order chi connectivity index (χ1) is 14.1. The van der Waals surface area contributed by atoms with E-state index < -0.39 is 12.1 Å². The summed E-state index contributed by atoms with van der Waals surface area (Å²) in [6.07, 6.45) is 1.01. The smallest absolute Gasteiger partial charge is 0.312 e. The highest BCUT2D eigenvalue weighted by molar-refractivity contribution is 7.10. The molecule has 0 fully saturated rings. The Kier molecular flexibility index (Phi) is 5.62. The van der Waals surface area contributed by atoms with E-state index in [1.54, 1.807) is 11.3 Å². The number of nitrogens with two attached hydrogens (primary N) is 1. The van der Waals surface area contributed by atoms with Gasteiger partial charge in [0.2, 0.25) is 5.91 Å². The first-order valence-electron chi connectivity index (χ1n) is 9.65. The zero-order valence-corrected chi connectivity index (χ0v) is 16.8. The Balaban J connectivity index is 1.63. The van der Waals surface area contributed by atoms with Crippen molar-refractivity contribution in [2.45, 2.75) is 24.9 Å². The van der Waals surface area contributed by atoms with Crippen LogP contribution in [-0.2, 0) is 11.2 Å². The molecule has 2 atom stereocenters. The maximum atomic E-state index is 13.4. The minimum Gasteiger partial charge on any atom is -0.352 e. The van der Waals surface area contributed by atoms with Crippen molar-refractivity contribution in [2.75, 3.05) is 6.54 Å². The van der Waals surface area contributed by atoms with Gasteiger partial charge in [-0.15, -0.1) is 11.3 Å². The zero-order valence-electron chi connectivity index (χ0n) is 16.0. The number of fused-ring (bicyclic) bond motifs is 1. The summed E-state index contributed by atoms with van der Waals surface area (Å²) >= 11 is 1.75. The molecule has 0 bridgehead atoms. The Labute approximate surface area is 174 Å². The molecule has 2 heterocycles. The van der Waals surface area contributed by atoms with Gasteiger partial charge in [0.15, 0.2) is 0 Å². The molecule has 3 N–H and O–H groups in total. The molecule has 0 saturated heterocycles. The van der Waals surface area contributed by atoms with Gasteiger partial charge in [-0.2, -0.15) is 0 Å². The Bertz CT molecular complexity index is 988. The number of amides is 3. The van der Waals surface area contributed by atoms with Crippen LogP contribution in [0.1, 0.15) is 40.1 Å². The van der Waals surface area contributed by atoms with Crippen molar-refractivity contribution in [3.8, 4) is 0 Å². The van der Waals surface area contributed by atoms with Crippen LogP contribution >= 0.6 is 11.3 Å². The molecule has 4 rings (SSSR count). The number of carbonyl (C=O) groups excluding carboxylic acids is 2. The lowest BCUT2D eigenvalue weighted by atomic mass is 9.92. The van der Waals surface area contributed by atoms with Gasteiger partial charge in [-0.1, -0.05) is 60.7 Å². The number of nitrogens with zero attached hydrogens (tertiary/aromatic N) is 1. The van der Waals surface area contributed by atoms with E-state index in [4.69, 9.17) is 5.73 Å².